The van der Waals surface area contributed by atoms with Crippen LogP contribution in [0.5, 0.6) is 0 Å². The highest BCUT2D eigenvalue weighted by molar-refractivity contribution is 7.98. The number of hydrogen-bond donors (Lipinski definition) is 1. The number of carbonyl (C=O) groups is 1. The van der Waals surface area contributed by atoms with Crippen molar-refractivity contribution in [3.8, 4) is 0 Å². The topological polar surface area (TPSA) is 85.1 Å². The van der Waals surface area contributed by atoms with Gasteiger partial charge in [-0.3, -0.25) is 20.2 Å². The molecule has 0 spiro atoms. The van der Waals surface area contributed by atoms with E-state index >= 15 is 0 Å². The Morgan fingerprint density at radius 2 is 2.25 bits per heavy atom. The summed E-state index contributed by atoms with van der Waals surface area (Å²) >= 11 is 2.73. The molecule has 104 valence electrons. The molecule has 1 aromatic carbocycles. The van der Waals surface area contributed by atoms with Crippen LogP contribution in [0.25, 0.3) is 0 Å². The molecule has 1 aromatic heterocycles. The number of nitrogens with one attached hydrogen (secondary N) is 1. The van der Waals surface area contributed by atoms with E-state index in [2.05, 4.69) is 10.3 Å². The van der Waals surface area contributed by atoms with E-state index in [1.165, 1.54) is 35.2 Å². The lowest BCUT2D eigenvalue weighted by atomic mass is 10.1. The Kier molecular flexibility index (Phi) is 4.35. The molecule has 0 aliphatic rings. The van der Waals surface area contributed by atoms with Crippen LogP contribution in [0.3, 0.4) is 0 Å². The van der Waals surface area contributed by atoms with Crippen LogP contribution in [0.15, 0.2) is 29.3 Å². The zero-order chi connectivity index (χ0) is 14.7. The van der Waals surface area contributed by atoms with Crippen LogP contribution >= 0.6 is 23.1 Å². The lowest BCUT2D eigenvalue weighted by molar-refractivity contribution is -0.385. The predicted octanol–water partition coefficient (Wildman–Crippen LogP) is 3.33. The van der Waals surface area contributed by atoms with E-state index in [1.807, 2.05) is 13.2 Å². The normalized spacial score (nSPS) is 10.3. The molecule has 8 heteroatoms. The third kappa shape index (κ3) is 3.14. The molecule has 0 saturated carbocycles. The SMILES string of the molecule is CSc1ccc([N+](=O)[O-])c(C(=O)Nc2ncc(C)s2)c1. The maximum atomic E-state index is 12.2. The summed E-state index contributed by atoms with van der Waals surface area (Å²) in [5.41, 5.74) is -0.178. The molecule has 1 N–H and O–H groups in total. The fourth-order valence-corrected chi connectivity index (χ4v) is 2.66. The van der Waals surface area contributed by atoms with Gasteiger partial charge in [-0.1, -0.05) is 0 Å². The highest BCUT2D eigenvalue weighted by Crippen LogP contribution is 2.26. The lowest BCUT2D eigenvalue weighted by Gasteiger charge is -2.04. The van der Waals surface area contributed by atoms with Gasteiger partial charge >= 0.3 is 0 Å². The van der Waals surface area contributed by atoms with E-state index in [0.29, 0.717) is 5.13 Å². The molecule has 0 bridgehead atoms. The number of nitro groups is 1. The molecule has 0 atom stereocenters. The molecule has 0 fully saturated rings. The number of thioether (sulfide) groups is 1. The van der Waals surface area contributed by atoms with Gasteiger partial charge in [-0.25, -0.2) is 4.98 Å². The van der Waals surface area contributed by atoms with Gasteiger partial charge in [-0.05, 0) is 25.3 Å². The van der Waals surface area contributed by atoms with Crippen LogP contribution < -0.4 is 5.32 Å². The quantitative estimate of drug-likeness (QED) is 0.532. The van der Waals surface area contributed by atoms with Crippen molar-refractivity contribution < 1.29 is 9.72 Å². The molecule has 0 aliphatic carbocycles. The second-order valence-corrected chi connectivity index (χ2v) is 5.98. The van der Waals surface area contributed by atoms with Gasteiger partial charge in [0.15, 0.2) is 5.13 Å². The largest absolute Gasteiger partial charge is 0.298 e. The van der Waals surface area contributed by atoms with Crippen molar-refractivity contribution in [1.29, 1.82) is 0 Å². The Morgan fingerprint density at radius 1 is 1.50 bits per heavy atom. The van der Waals surface area contributed by atoms with Crippen molar-refractivity contribution in [3.63, 3.8) is 0 Å². The molecule has 1 amide bonds. The number of amides is 1. The summed E-state index contributed by atoms with van der Waals surface area (Å²) in [5.74, 6) is -0.526. The van der Waals surface area contributed by atoms with Gasteiger partial charge in [-0.15, -0.1) is 23.1 Å². The zero-order valence-corrected chi connectivity index (χ0v) is 12.4. The number of nitrogens with zero attached hydrogens (tertiary/aromatic N) is 2. The molecule has 20 heavy (non-hydrogen) atoms. The first kappa shape index (κ1) is 14.5. The van der Waals surface area contributed by atoms with Gasteiger partial charge in [0.2, 0.25) is 0 Å². The fourth-order valence-electron chi connectivity index (χ4n) is 1.56. The van der Waals surface area contributed by atoms with Crippen LogP contribution in [-0.4, -0.2) is 22.1 Å². The Bertz CT molecular complexity index is 670. The summed E-state index contributed by atoms with van der Waals surface area (Å²) in [6, 6.07) is 4.47. The summed E-state index contributed by atoms with van der Waals surface area (Å²) < 4.78 is 0. The van der Waals surface area contributed by atoms with Gasteiger partial charge in [0.05, 0.1) is 4.92 Å². The molecule has 0 radical (unpaired) electrons. The average molecular weight is 309 g/mol. The van der Waals surface area contributed by atoms with Crippen LogP contribution in [0.2, 0.25) is 0 Å². The smallest absolute Gasteiger partial charge is 0.282 e. The van der Waals surface area contributed by atoms with Crippen LogP contribution in [0, 0.1) is 17.0 Å². The number of thiazole rings is 1. The molecule has 0 saturated heterocycles. The van der Waals surface area contributed by atoms with Crippen LogP contribution in [0.4, 0.5) is 10.8 Å². The summed E-state index contributed by atoms with van der Waals surface area (Å²) in [7, 11) is 0. The highest BCUT2D eigenvalue weighted by Gasteiger charge is 2.21. The predicted molar refractivity (Wildman–Crippen MR) is 79.7 cm³/mol. The third-order valence-electron chi connectivity index (χ3n) is 2.49. The van der Waals surface area contributed by atoms with E-state index in [1.54, 1.807) is 12.3 Å². The van der Waals surface area contributed by atoms with Gasteiger partial charge in [-0.2, -0.15) is 0 Å². The Hall–Kier alpha value is -1.93. The van der Waals surface area contributed by atoms with Crippen LogP contribution in [0.1, 0.15) is 15.2 Å². The number of carbonyl (C=O) groups excluding carboxylic acids is 1. The maximum absolute atomic E-state index is 12.2. The first-order chi connectivity index (χ1) is 9.51. The van der Waals surface area contributed by atoms with E-state index in [4.69, 9.17) is 0 Å². The number of anilines is 1. The standard InChI is InChI=1S/C12H11N3O3S2/c1-7-6-13-12(20-7)14-11(16)9-5-8(19-2)3-4-10(9)15(17)18/h3-6H,1-2H3,(H,13,14,16). The summed E-state index contributed by atoms with van der Waals surface area (Å²) in [6.45, 7) is 1.87. The molecule has 0 aliphatic heterocycles. The van der Waals surface area contributed by atoms with Gasteiger partial charge in [0.25, 0.3) is 11.6 Å². The molecular weight excluding hydrogens is 298 g/mol. The zero-order valence-electron chi connectivity index (χ0n) is 10.7. The van der Waals surface area contributed by atoms with Gasteiger partial charge in [0.1, 0.15) is 5.56 Å². The Morgan fingerprint density at radius 3 is 2.80 bits per heavy atom. The highest BCUT2D eigenvalue weighted by atomic mass is 32.2. The number of hydrogen-bond acceptors (Lipinski definition) is 6. The molecule has 1 heterocycles. The second-order valence-electron chi connectivity index (χ2n) is 3.87. The number of benzene rings is 1. The van der Waals surface area contributed by atoms with Crippen molar-refractivity contribution in [1.82, 2.24) is 4.98 Å². The molecule has 2 rings (SSSR count). The van der Waals surface area contributed by atoms with Crippen molar-refractivity contribution in [2.75, 3.05) is 11.6 Å². The number of aromatic nitrogens is 1. The minimum absolute atomic E-state index is 0.0368. The number of aryl methyl sites for hydroxylation is 1. The number of rotatable bonds is 4. The summed E-state index contributed by atoms with van der Waals surface area (Å²) in [4.78, 5) is 28.3. The Labute approximate surface area is 123 Å². The average Bonchev–Trinajstić information content (AvgIpc) is 2.83. The molecule has 0 unspecified atom stereocenters. The summed E-state index contributed by atoms with van der Waals surface area (Å²) in [6.07, 6.45) is 3.47. The molecule has 6 nitrogen and oxygen atoms in total. The van der Waals surface area contributed by atoms with E-state index in [9.17, 15) is 14.9 Å². The minimum atomic E-state index is -0.563. The first-order valence-corrected chi connectivity index (χ1v) is 7.61. The van der Waals surface area contributed by atoms with Crippen molar-refractivity contribution in [2.45, 2.75) is 11.8 Å². The second kappa shape index (κ2) is 6.02. The molecule has 2 aromatic rings. The van der Waals surface area contributed by atoms with E-state index in [-0.39, 0.29) is 11.3 Å². The fraction of sp³-hybridized carbons (Fsp3) is 0.167. The lowest BCUT2D eigenvalue weighted by Crippen LogP contribution is -2.13. The third-order valence-corrected chi connectivity index (χ3v) is 4.04. The van der Waals surface area contributed by atoms with Crippen molar-refractivity contribution in [3.05, 3.63) is 45.0 Å². The van der Waals surface area contributed by atoms with E-state index < -0.39 is 10.8 Å². The minimum Gasteiger partial charge on any atom is -0.298 e. The van der Waals surface area contributed by atoms with Crippen molar-refractivity contribution in [2.24, 2.45) is 0 Å². The van der Waals surface area contributed by atoms with Crippen LogP contribution in [-0.2, 0) is 0 Å². The Balaban J connectivity index is 2.34. The van der Waals surface area contributed by atoms with E-state index in [0.717, 1.165) is 9.77 Å². The monoisotopic (exact) mass is 309 g/mol. The maximum Gasteiger partial charge on any atom is 0.282 e. The summed E-state index contributed by atoms with van der Waals surface area (Å²) in [5, 5.41) is 14.0. The number of nitro benzene ring substituents is 1. The van der Waals surface area contributed by atoms with Crippen molar-refractivity contribution >= 4 is 39.8 Å². The van der Waals surface area contributed by atoms with Gasteiger partial charge < -0.3 is 0 Å². The molecular formula is C12H11N3O3S2. The van der Waals surface area contributed by atoms with Gasteiger partial charge in [0, 0.05) is 22.0 Å². The first-order valence-electron chi connectivity index (χ1n) is 5.57.